The fraction of sp³-hybridized carbons (Fsp3) is 0.800. The van der Waals surface area contributed by atoms with Crippen molar-refractivity contribution in [2.45, 2.75) is 54.8 Å². The molecule has 1 rings (SSSR count). The lowest BCUT2D eigenvalue weighted by Crippen LogP contribution is -2.60. The number of aliphatic hydroxyl groups excluding tert-OH is 1. The fourth-order valence-corrected chi connectivity index (χ4v) is 2.47. The maximum Gasteiger partial charge on any atom is 0.325 e. The van der Waals surface area contributed by atoms with E-state index in [1.807, 2.05) is 0 Å². The third-order valence-electron chi connectivity index (χ3n) is 3.93. The summed E-state index contributed by atoms with van der Waals surface area (Å²) in [5.41, 5.74) is 2.75. The van der Waals surface area contributed by atoms with E-state index in [1.165, 1.54) is 26.0 Å². The average Bonchev–Trinajstić information content (AvgIpc) is 2.63. The zero-order valence-corrected chi connectivity index (χ0v) is 17.5. The maximum absolute atomic E-state index is 12.5. The van der Waals surface area contributed by atoms with Crippen molar-refractivity contribution >= 4 is 52.6 Å². The Hall–Kier alpha value is -0.840. The predicted molar refractivity (Wildman–Crippen MR) is 99.2 cm³/mol. The van der Waals surface area contributed by atoms with Gasteiger partial charge in [-0.2, -0.15) is 0 Å². The Bertz CT molecular complexity index is 545. The number of esters is 1. The van der Waals surface area contributed by atoms with Crippen LogP contribution in [0.5, 0.6) is 0 Å². The fourth-order valence-electron chi connectivity index (χ4n) is 2.30. The van der Waals surface area contributed by atoms with Gasteiger partial charge in [-0.3, -0.25) is 19.4 Å². The van der Waals surface area contributed by atoms with E-state index in [-0.39, 0.29) is 0 Å². The van der Waals surface area contributed by atoms with Gasteiger partial charge in [0.1, 0.15) is 18.7 Å². The molecule has 0 aromatic carbocycles. The van der Waals surface area contributed by atoms with Crippen LogP contribution < -0.4 is 10.7 Å². The minimum absolute atomic E-state index is 0.338. The lowest BCUT2D eigenvalue weighted by atomic mass is 10.1. The van der Waals surface area contributed by atoms with Crippen LogP contribution in [-0.4, -0.2) is 76.2 Å². The topological polar surface area (TPSA) is 117 Å². The van der Waals surface area contributed by atoms with E-state index in [1.54, 1.807) is 0 Å². The second kappa shape index (κ2) is 10.6. The molecule has 0 radical (unpaired) electrons. The van der Waals surface area contributed by atoms with Crippen LogP contribution in [0.4, 0.5) is 0 Å². The number of rotatable bonds is 7. The molecule has 4 unspecified atom stereocenters. The molecule has 0 aromatic rings. The number of halogens is 3. The summed E-state index contributed by atoms with van der Waals surface area (Å²) in [6.45, 7) is 2.92. The molecule has 3 N–H and O–H groups in total. The highest BCUT2D eigenvalue weighted by Gasteiger charge is 2.33. The van der Waals surface area contributed by atoms with Crippen molar-refractivity contribution in [3.8, 4) is 0 Å². The third-order valence-corrected chi connectivity index (χ3v) is 4.26. The molecule has 9 nitrogen and oxygen atoms in total. The summed E-state index contributed by atoms with van der Waals surface area (Å²) >= 11 is 16.6. The van der Waals surface area contributed by atoms with E-state index in [0.29, 0.717) is 19.4 Å². The van der Waals surface area contributed by atoms with Crippen molar-refractivity contribution in [3.05, 3.63) is 0 Å². The molecule has 1 heterocycles. The van der Waals surface area contributed by atoms with E-state index >= 15 is 0 Å². The summed E-state index contributed by atoms with van der Waals surface area (Å²) in [6.07, 6.45) is -1.16. The van der Waals surface area contributed by atoms with Crippen LogP contribution in [0.2, 0.25) is 0 Å². The maximum atomic E-state index is 12.5. The molecule has 1 aliphatic rings. The molecule has 12 heteroatoms. The summed E-state index contributed by atoms with van der Waals surface area (Å²) < 4.78 is 8.07. The molecular weight excluding hydrogens is 425 g/mol. The summed E-state index contributed by atoms with van der Waals surface area (Å²) in [4.78, 5) is 36.5. The number of methoxy groups -OCH3 is 1. The lowest BCUT2D eigenvalue weighted by Gasteiger charge is -2.34. The first-order valence-electron chi connectivity index (χ1n) is 8.28. The van der Waals surface area contributed by atoms with Gasteiger partial charge in [0, 0.05) is 13.7 Å². The number of alkyl halides is 3. The SMILES string of the molecule is COC(C)C(O)C(=O)NC(C)C(=O)N1CCCC(C(=O)OCC(Cl)(Cl)Cl)N1. The molecule has 1 fully saturated rings. The van der Waals surface area contributed by atoms with E-state index in [2.05, 4.69) is 10.7 Å². The zero-order valence-electron chi connectivity index (χ0n) is 15.2. The Labute approximate surface area is 172 Å². The Morgan fingerprint density at radius 2 is 1.96 bits per heavy atom. The molecular formula is C15H24Cl3N3O6. The zero-order chi connectivity index (χ0) is 20.8. The molecule has 27 heavy (non-hydrogen) atoms. The van der Waals surface area contributed by atoms with E-state index in [9.17, 15) is 19.5 Å². The number of hydrogen-bond acceptors (Lipinski definition) is 7. The van der Waals surface area contributed by atoms with Gasteiger partial charge in [0.25, 0.3) is 11.8 Å². The summed E-state index contributed by atoms with van der Waals surface area (Å²) in [5.74, 6) is -1.86. The Kier molecular flexibility index (Phi) is 9.53. The molecule has 4 atom stereocenters. The molecule has 1 aliphatic heterocycles. The second-order valence-electron chi connectivity index (χ2n) is 6.15. The van der Waals surface area contributed by atoms with Crippen molar-refractivity contribution < 1.29 is 29.0 Å². The van der Waals surface area contributed by atoms with Gasteiger partial charge in [-0.25, -0.2) is 5.43 Å². The largest absolute Gasteiger partial charge is 0.460 e. The first kappa shape index (κ1) is 24.2. The van der Waals surface area contributed by atoms with Crippen molar-refractivity contribution in [2.24, 2.45) is 0 Å². The Balaban J connectivity index is 2.59. The number of carbonyl (C=O) groups excluding carboxylic acids is 3. The summed E-state index contributed by atoms with van der Waals surface area (Å²) in [7, 11) is 1.36. The van der Waals surface area contributed by atoms with E-state index < -0.39 is 52.5 Å². The highest BCUT2D eigenvalue weighted by atomic mass is 35.6. The van der Waals surface area contributed by atoms with Gasteiger partial charge in [-0.1, -0.05) is 34.8 Å². The molecule has 2 amide bonds. The number of hydrazine groups is 1. The Morgan fingerprint density at radius 1 is 1.33 bits per heavy atom. The predicted octanol–water partition coefficient (Wildman–Crippen LogP) is 0.296. The first-order chi connectivity index (χ1) is 12.5. The minimum atomic E-state index is -1.72. The van der Waals surface area contributed by atoms with Crippen molar-refractivity contribution in [3.63, 3.8) is 0 Å². The van der Waals surface area contributed by atoms with Gasteiger partial charge in [0.15, 0.2) is 6.10 Å². The number of carbonyl (C=O) groups is 3. The highest BCUT2D eigenvalue weighted by Crippen LogP contribution is 2.26. The number of nitrogens with zero attached hydrogens (tertiary/aromatic N) is 1. The molecule has 0 aromatic heterocycles. The van der Waals surface area contributed by atoms with Crippen LogP contribution in [0.1, 0.15) is 26.7 Å². The molecule has 0 spiro atoms. The van der Waals surface area contributed by atoms with Crippen LogP contribution in [0.3, 0.4) is 0 Å². The van der Waals surface area contributed by atoms with Gasteiger partial charge in [0.05, 0.1) is 6.10 Å². The van der Waals surface area contributed by atoms with Gasteiger partial charge < -0.3 is 19.9 Å². The minimum Gasteiger partial charge on any atom is -0.460 e. The molecule has 0 saturated carbocycles. The van der Waals surface area contributed by atoms with Crippen molar-refractivity contribution in [1.82, 2.24) is 15.8 Å². The quantitative estimate of drug-likeness (QED) is 0.379. The van der Waals surface area contributed by atoms with Crippen molar-refractivity contribution in [1.29, 1.82) is 0 Å². The van der Waals surface area contributed by atoms with Crippen LogP contribution >= 0.6 is 34.8 Å². The van der Waals surface area contributed by atoms with Crippen LogP contribution in [0.25, 0.3) is 0 Å². The molecule has 0 bridgehead atoms. The number of ether oxygens (including phenoxy) is 2. The standard InChI is InChI=1S/C15H24Cl3N3O6/c1-8(19-12(23)11(22)9(2)26-3)13(24)21-6-4-5-10(20-21)14(25)27-7-15(16,17)18/h8-11,20,22H,4-7H2,1-3H3,(H,19,23). The first-order valence-corrected chi connectivity index (χ1v) is 9.41. The second-order valence-corrected chi connectivity index (χ2v) is 8.67. The summed E-state index contributed by atoms with van der Waals surface area (Å²) in [6, 6.07) is -1.71. The molecule has 156 valence electrons. The van der Waals surface area contributed by atoms with E-state index in [0.717, 1.165) is 0 Å². The monoisotopic (exact) mass is 447 g/mol. The number of hydrogen-bond donors (Lipinski definition) is 3. The van der Waals surface area contributed by atoms with Crippen molar-refractivity contribution in [2.75, 3.05) is 20.3 Å². The lowest BCUT2D eigenvalue weighted by molar-refractivity contribution is -0.153. The number of nitrogens with one attached hydrogen (secondary N) is 2. The van der Waals surface area contributed by atoms with Gasteiger partial charge >= 0.3 is 5.97 Å². The normalized spacial score (nSPS) is 21.1. The Morgan fingerprint density at radius 3 is 2.52 bits per heavy atom. The van der Waals surface area contributed by atoms with Crippen LogP contribution in [0, 0.1) is 0 Å². The van der Waals surface area contributed by atoms with E-state index in [4.69, 9.17) is 44.3 Å². The molecule has 0 aliphatic carbocycles. The third kappa shape index (κ3) is 7.97. The highest BCUT2D eigenvalue weighted by molar-refractivity contribution is 6.67. The molecule has 1 saturated heterocycles. The number of amides is 2. The van der Waals surface area contributed by atoms with Gasteiger partial charge in [-0.05, 0) is 26.7 Å². The smallest absolute Gasteiger partial charge is 0.325 e. The van der Waals surface area contributed by atoms with Gasteiger partial charge in [0.2, 0.25) is 3.79 Å². The number of aliphatic hydroxyl groups is 1. The van der Waals surface area contributed by atoms with Crippen LogP contribution in [0.15, 0.2) is 0 Å². The average molecular weight is 449 g/mol. The van der Waals surface area contributed by atoms with Gasteiger partial charge in [-0.15, -0.1) is 0 Å². The summed E-state index contributed by atoms with van der Waals surface area (Å²) in [5, 5.41) is 13.4. The van der Waals surface area contributed by atoms with Crippen LogP contribution in [-0.2, 0) is 23.9 Å².